The molecule has 3 saturated heterocycles. The number of urea groups is 1. The van der Waals surface area contributed by atoms with Gasteiger partial charge in [-0.15, -0.1) is 0 Å². The van der Waals surface area contributed by atoms with Gasteiger partial charge in [-0.3, -0.25) is 0 Å². The Morgan fingerprint density at radius 2 is 2.00 bits per heavy atom. The van der Waals surface area contributed by atoms with Crippen LogP contribution in [0.3, 0.4) is 0 Å². The van der Waals surface area contributed by atoms with E-state index in [1.165, 1.54) is 12.8 Å². The molecule has 5 heteroatoms. The van der Waals surface area contributed by atoms with Crippen LogP contribution in [0, 0.1) is 11.8 Å². The van der Waals surface area contributed by atoms with Crippen LogP contribution in [0.25, 0.3) is 0 Å². The van der Waals surface area contributed by atoms with Crippen LogP contribution in [0.2, 0.25) is 0 Å². The molecule has 5 atom stereocenters. The minimum Gasteiger partial charge on any atom is -0.383 e. The van der Waals surface area contributed by atoms with Crippen molar-refractivity contribution < 1.29 is 14.3 Å². The molecule has 5 nitrogen and oxygen atoms in total. The first-order chi connectivity index (χ1) is 10.2. The van der Waals surface area contributed by atoms with E-state index in [2.05, 4.69) is 12.2 Å². The van der Waals surface area contributed by atoms with Crippen LogP contribution < -0.4 is 5.32 Å². The Kier molecular flexibility index (Phi) is 4.69. The average Bonchev–Trinajstić information content (AvgIpc) is 3.16. The maximum atomic E-state index is 12.5. The molecule has 0 aliphatic carbocycles. The molecule has 2 bridgehead atoms. The van der Waals surface area contributed by atoms with Crippen molar-refractivity contribution >= 4 is 6.03 Å². The van der Waals surface area contributed by atoms with Gasteiger partial charge in [0, 0.05) is 32.0 Å². The topological polar surface area (TPSA) is 50.8 Å². The lowest BCUT2D eigenvalue weighted by Gasteiger charge is -2.24. The summed E-state index contributed by atoms with van der Waals surface area (Å²) in [7, 11) is 1.69. The predicted molar refractivity (Wildman–Crippen MR) is 80.2 cm³/mol. The van der Waals surface area contributed by atoms with Crippen molar-refractivity contribution in [2.75, 3.05) is 26.8 Å². The zero-order valence-electron chi connectivity index (χ0n) is 13.2. The lowest BCUT2D eigenvalue weighted by Crippen LogP contribution is -2.46. The number of likely N-dealkylation sites (tertiary alicyclic amines) is 1. The van der Waals surface area contributed by atoms with Gasteiger partial charge in [-0.05, 0) is 19.3 Å². The third kappa shape index (κ3) is 3.04. The molecule has 0 aromatic heterocycles. The lowest BCUT2D eigenvalue weighted by molar-refractivity contribution is 0.0732. The molecule has 2 amide bonds. The number of rotatable bonds is 6. The number of nitrogens with zero attached hydrogens (tertiary/aromatic N) is 1. The molecule has 0 saturated carbocycles. The summed E-state index contributed by atoms with van der Waals surface area (Å²) in [5.74, 6) is 1.15. The number of hydrogen-bond donors (Lipinski definition) is 1. The highest BCUT2D eigenvalue weighted by Gasteiger charge is 2.53. The van der Waals surface area contributed by atoms with Crippen LogP contribution in [0.4, 0.5) is 4.79 Å². The third-order valence-electron chi connectivity index (χ3n) is 5.34. The number of amides is 2. The quantitative estimate of drug-likeness (QED) is 0.816. The van der Waals surface area contributed by atoms with Crippen molar-refractivity contribution in [2.24, 2.45) is 11.8 Å². The molecule has 3 fully saturated rings. The van der Waals surface area contributed by atoms with Gasteiger partial charge < -0.3 is 19.7 Å². The second-order valence-corrected chi connectivity index (χ2v) is 6.77. The maximum Gasteiger partial charge on any atom is 0.317 e. The van der Waals surface area contributed by atoms with E-state index >= 15 is 0 Å². The first kappa shape index (κ1) is 15.1. The van der Waals surface area contributed by atoms with Crippen molar-refractivity contribution in [2.45, 2.75) is 57.3 Å². The van der Waals surface area contributed by atoms with Gasteiger partial charge in [0.2, 0.25) is 0 Å². The Labute approximate surface area is 127 Å². The van der Waals surface area contributed by atoms with Crippen LogP contribution in [-0.4, -0.2) is 56.0 Å². The first-order valence-corrected chi connectivity index (χ1v) is 8.42. The number of unbranched alkanes of at least 4 members (excludes halogenated alkanes) is 1. The number of carbonyl (C=O) groups is 1. The smallest absolute Gasteiger partial charge is 0.317 e. The fourth-order valence-electron chi connectivity index (χ4n) is 4.24. The van der Waals surface area contributed by atoms with E-state index < -0.39 is 0 Å². The van der Waals surface area contributed by atoms with E-state index in [1.807, 2.05) is 4.90 Å². The highest BCUT2D eigenvalue weighted by Crippen LogP contribution is 2.47. The van der Waals surface area contributed by atoms with E-state index in [0.717, 1.165) is 32.4 Å². The summed E-state index contributed by atoms with van der Waals surface area (Å²) in [4.78, 5) is 14.5. The van der Waals surface area contributed by atoms with E-state index in [0.29, 0.717) is 30.7 Å². The number of nitrogens with one attached hydrogen (secondary N) is 1. The highest BCUT2D eigenvalue weighted by molar-refractivity contribution is 5.75. The van der Waals surface area contributed by atoms with Crippen LogP contribution in [0.15, 0.2) is 0 Å². The molecular formula is C16H28N2O3. The monoisotopic (exact) mass is 296 g/mol. The SMILES string of the molecule is CCCC[C@@H](COC)NC(=O)N1C[C@@H]2[C@H](C1)[C@H]1CC[C@H]2O1. The number of carbonyl (C=O) groups excluding carboxylic acids is 1. The largest absolute Gasteiger partial charge is 0.383 e. The molecule has 0 aromatic carbocycles. The molecule has 3 rings (SSSR count). The maximum absolute atomic E-state index is 12.5. The third-order valence-corrected chi connectivity index (χ3v) is 5.34. The van der Waals surface area contributed by atoms with Crippen LogP contribution >= 0.6 is 0 Å². The van der Waals surface area contributed by atoms with Crippen molar-refractivity contribution in [3.05, 3.63) is 0 Å². The predicted octanol–water partition coefficient (Wildman–Crippen LogP) is 2.01. The first-order valence-electron chi connectivity index (χ1n) is 8.42. The van der Waals surface area contributed by atoms with Gasteiger partial charge >= 0.3 is 6.03 Å². The minimum absolute atomic E-state index is 0.0851. The Hall–Kier alpha value is -0.810. The van der Waals surface area contributed by atoms with Gasteiger partial charge in [0.05, 0.1) is 24.9 Å². The standard InChI is InChI=1S/C16H28N2O3/c1-3-4-5-11(10-20-2)17-16(19)18-8-12-13(9-18)15-7-6-14(12)21-15/h11-15H,3-10H2,1-2H3,(H,17,19)/t11-,12-,13+,14+,15+/m0/s1. The van der Waals surface area contributed by atoms with Gasteiger partial charge in [0.25, 0.3) is 0 Å². The second kappa shape index (κ2) is 6.53. The van der Waals surface area contributed by atoms with Gasteiger partial charge in [-0.1, -0.05) is 19.8 Å². The normalized spacial score (nSPS) is 35.0. The molecule has 0 aromatic rings. The van der Waals surface area contributed by atoms with Gasteiger partial charge in [-0.25, -0.2) is 4.79 Å². The number of hydrogen-bond acceptors (Lipinski definition) is 3. The van der Waals surface area contributed by atoms with Crippen molar-refractivity contribution in [3.8, 4) is 0 Å². The average molecular weight is 296 g/mol. The Morgan fingerprint density at radius 3 is 2.57 bits per heavy atom. The molecule has 3 aliphatic heterocycles. The van der Waals surface area contributed by atoms with Gasteiger partial charge in [0.1, 0.15) is 0 Å². The molecule has 0 spiro atoms. The summed E-state index contributed by atoms with van der Waals surface area (Å²) in [5, 5.41) is 3.16. The lowest BCUT2D eigenvalue weighted by atomic mass is 9.82. The summed E-state index contributed by atoms with van der Waals surface area (Å²) in [6, 6.07) is 0.220. The Balaban J connectivity index is 1.51. The summed E-state index contributed by atoms with van der Waals surface area (Å²) in [6.45, 7) is 4.50. The van der Waals surface area contributed by atoms with E-state index in [4.69, 9.17) is 9.47 Å². The number of ether oxygens (including phenoxy) is 2. The molecule has 0 radical (unpaired) electrons. The summed E-state index contributed by atoms with van der Waals surface area (Å²) < 4.78 is 11.2. The van der Waals surface area contributed by atoms with Crippen LogP contribution in [0.1, 0.15) is 39.0 Å². The van der Waals surface area contributed by atoms with E-state index in [9.17, 15) is 4.79 Å². The molecule has 3 heterocycles. The van der Waals surface area contributed by atoms with E-state index in [1.54, 1.807) is 7.11 Å². The Bertz CT molecular complexity index is 359. The summed E-state index contributed by atoms with van der Waals surface area (Å²) >= 11 is 0. The van der Waals surface area contributed by atoms with Crippen molar-refractivity contribution in [3.63, 3.8) is 0 Å². The molecular weight excluding hydrogens is 268 g/mol. The molecule has 21 heavy (non-hydrogen) atoms. The Morgan fingerprint density at radius 1 is 1.33 bits per heavy atom. The van der Waals surface area contributed by atoms with Crippen LogP contribution in [-0.2, 0) is 9.47 Å². The van der Waals surface area contributed by atoms with Gasteiger partial charge in [0.15, 0.2) is 0 Å². The second-order valence-electron chi connectivity index (χ2n) is 6.77. The number of fused-ring (bicyclic) bond motifs is 5. The summed E-state index contributed by atoms with van der Waals surface area (Å²) in [6.07, 6.45) is 6.45. The zero-order chi connectivity index (χ0) is 14.8. The molecule has 3 aliphatic rings. The fourth-order valence-corrected chi connectivity index (χ4v) is 4.24. The van der Waals surface area contributed by atoms with Gasteiger partial charge in [-0.2, -0.15) is 0 Å². The molecule has 0 unspecified atom stereocenters. The van der Waals surface area contributed by atoms with E-state index in [-0.39, 0.29) is 12.1 Å². The highest BCUT2D eigenvalue weighted by atomic mass is 16.5. The molecule has 120 valence electrons. The fraction of sp³-hybridized carbons (Fsp3) is 0.938. The number of methoxy groups -OCH3 is 1. The van der Waals surface area contributed by atoms with Crippen molar-refractivity contribution in [1.82, 2.24) is 10.2 Å². The minimum atomic E-state index is 0.0851. The summed E-state index contributed by atoms with van der Waals surface area (Å²) in [5.41, 5.74) is 0. The van der Waals surface area contributed by atoms with Crippen molar-refractivity contribution in [1.29, 1.82) is 0 Å². The molecule has 1 N–H and O–H groups in total. The zero-order valence-corrected chi connectivity index (χ0v) is 13.2. The van der Waals surface area contributed by atoms with Crippen LogP contribution in [0.5, 0.6) is 0 Å².